The van der Waals surface area contributed by atoms with Gasteiger partial charge in [0.1, 0.15) is 67.5 Å². The number of amides is 8. The number of aliphatic hydroxyl groups is 9. The molecular weight excluding hydrogens is 1520 g/mol. The zero-order chi connectivity index (χ0) is 83.0. The van der Waals surface area contributed by atoms with Gasteiger partial charge in [-0.3, -0.25) is 57.0 Å². The number of phosphoric acid groups is 1. The number of ketones is 2. The smallest absolute Gasteiger partial charge is 0.394 e. The third-order valence-corrected chi connectivity index (χ3v) is 20.7. The van der Waals surface area contributed by atoms with Gasteiger partial charge in [0.05, 0.1) is 58.4 Å². The van der Waals surface area contributed by atoms with Gasteiger partial charge in [0.15, 0.2) is 30.4 Å². The predicted molar refractivity (Wildman–Crippen MR) is 399 cm³/mol. The molecule has 0 spiro atoms. The summed E-state index contributed by atoms with van der Waals surface area (Å²) in [4.78, 5) is 139. The average molecular weight is 1650 g/mol. The van der Waals surface area contributed by atoms with Crippen LogP contribution in [0, 0.1) is 17.8 Å². The molecule has 8 amide bonds. The maximum absolute atomic E-state index is 14.5. The average Bonchev–Trinajstić information content (AvgIpc) is 0.814. The number of nitrogens with one attached hydrogen (secondary N) is 7. The van der Waals surface area contributed by atoms with Gasteiger partial charge >= 0.3 is 7.82 Å². The highest BCUT2D eigenvalue weighted by Gasteiger charge is 2.47. The summed E-state index contributed by atoms with van der Waals surface area (Å²) in [6.45, 7) is 3.11. The number of hydrogen-bond acceptors (Lipinski definition) is 31. The Hall–Kier alpha value is -5.12. The lowest BCUT2D eigenvalue weighted by atomic mass is 9.90. The zero-order valence-corrected chi connectivity index (χ0v) is 66.7. The minimum atomic E-state index is -4.04. The fourth-order valence-corrected chi connectivity index (χ4v) is 13.5. The Labute approximate surface area is 658 Å². The molecule has 0 aliphatic carbocycles. The summed E-state index contributed by atoms with van der Waals surface area (Å²) in [5, 5.41) is 110. The summed E-state index contributed by atoms with van der Waals surface area (Å²) < 4.78 is 65.7. The lowest BCUT2D eigenvalue weighted by Crippen LogP contribution is -2.64. The van der Waals surface area contributed by atoms with Crippen LogP contribution in [0.15, 0.2) is 0 Å². The quantitative estimate of drug-likeness (QED) is 0.0229. The summed E-state index contributed by atoms with van der Waals surface area (Å²) >= 11 is 1.07. The van der Waals surface area contributed by atoms with Gasteiger partial charge in [-0.2, -0.15) is 0 Å². The summed E-state index contributed by atoms with van der Waals surface area (Å²) in [6.07, 6.45) is -8.92. The van der Waals surface area contributed by atoms with Crippen molar-refractivity contribution < 1.29 is 150 Å². The lowest BCUT2D eigenvalue weighted by Gasteiger charge is -2.42. The Balaban J connectivity index is 1.65. The molecule has 0 aromatic rings. The monoisotopic (exact) mass is 1650 g/mol. The van der Waals surface area contributed by atoms with E-state index >= 15 is 0 Å². The van der Waals surface area contributed by atoms with Crippen LogP contribution >= 0.6 is 19.6 Å². The first-order valence-corrected chi connectivity index (χ1v) is 41.2. The highest BCUT2D eigenvalue weighted by Crippen LogP contribution is 2.42. The number of carbonyl (C=O) groups is 10. The first kappa shape index (κ1) is 101. The first-order chi connectivity index (χ1) is 53.5. The van der Waals surface area contributed by atoms with Crippen LogP contribution in [0.3, 0.4) is 0 Å². The molecule has 0 aromatic heterocycles. The van der Waals surface area contributed by atoms with Crippen molar-refractivity contribution in [3.63, 3.8) is 0 Å². The van der Waals surface area contributed by atoms with E-state index in [9.17, 15) is 103 Å². The molecule has 19 N–H and O–H groups in total. The summed E-state index contributed by atoms with van der Waals surface area (Å²) in [5.74, 6) is -6.39. The molecular formula is C71H127N8O31PS. The highest BCUT2D eigenvalue weighted by molar-refractivity contribution is 8.13. The molecule has 112 heavy (non-hydrogen) atoms. The molecule has 3 aliphatic rings. The fraction of sp³-hybridized carbons (Fsp3) is 0.859. The van der Waals surface area contributed by atoms with E-state index in [0.29, 0.717) is 102 Å². The maximum atomic E-state index is 14.5. The van der Waals surface area contributed by atoms with Crippen LogP contribution in [-0.2, 0) is 94.7 Å². The van der Waals surface area contributed by atoms with Crippen LogP contribution in [0.1, 0.15) is 168 Å². The van der Waals surface area contributed by atoms with Gasteiger partial charge in [0.25, 0.3) is 5.24 Å². The summed E-state index contributed by atoms with van der Waals surface area (Å²) in [6, 6.07) is -3.44. The molecule has 39 nitrogen and oxygen atoms in total. The van der Waals surface area contributed by atoms with Gasteiger partial charge < -0.3 is 132 Å². The maximum Gasteiger partial charge on any atom is 0.471 e. The van der Waals surface area contributed by atoms with Gasteiger partial charge in [0, 0.05) is 123 Å². The van der Waals surface area contributed by atoms with Crippen molar-refractivity contribution in [2.24, 2.45) is 23.5 Å². The van der Waals surface area contributed by atoms with Gasteiger partial charge in [-0.25, -0.2) is 4.57 Å². The van der Waals surface area contributed by atoms with E-state index in [-0.39, 0.29) is 147 Å². The fourth-order valence-electron chi connectivity index (χ4n) is 12.3. The number of aliphatic hydroxyl groups excluding tert-OH is 9. The Bertz CT molecular complexity index is 2820. The van der Waals surface area contributed by atoms with Gasteiger partial charge in [-0.1, -0.05) is 37.9 Å². The molecule has 0 aromatic carbocycles. The van der Waals surface area contributed by atoms with Crippen molar-refractivity contribution in [2.75, 3.05) is 112 Å². The van der Waals surface area contributed by atoms with Crippen LogP contribution < -0.4 is 43.0 Å². The number of primary amides is 1. The van der Waals surface area contributed by atoms with Crippen LogP contribution in [0.4, 0.5) is 4.79 Å². The second-order valence-electron chi connectivity index (χ2n) is 28.0. The Morgan fingerprint density at radius 1 is 0.491 bits per heavy atom. The number of nitrogens with two attached hydrogens (primary N) is 1. The number of hydrogen-bond donors (Lipinski definition) is 18. The number of unbranched alkanes of at least 4 members (excludes halogenated alkanes) is 8. The second-order valence-corrected chi connectivity index (χ2v) is 30.6. The molecule has 0 bridgehead atoms. The third kappa shape index (κ3) is 41.1. The minimum absolute atomic E-state index is 0.0229. The van der Waals surface area contributed by atoms with E-state index in [1.54, 1.807) is 6.92 Å². The first-order valence-electron chi connectivity index (χ1n) is 38.8. The largest absolute Gasteiger partial charge is 0.471 e. The van der Waals surface area contributed by atoms with Gasteiger partial charge in [-0.15, -0.1) is 0 Å². The van der Waals surface area contributed by atoms with Crippen molar-refractivity contribution in [1.82, 2.24) is 37.2 Å². The van der Waals surface area contributed by atoms with Gasteiger partial charge in [0.2, 0.25) is 41.4 Å². The van der Waals surface area contributed by atoms with E-state index in [2.05, 4.69) is 41.7 Å². The van der Waals surface area contributed by atoms with E-state index in [1.165, 1.54) is 13.8 Å². The van der Waals surface area contributed by atoms with Crippen molar-refractivity contribution in [3.8, 4) is 0 Å². The number of rotatable bonds is 62. The van der Waals surface area contributed by atoms with Gasteiger partial charge in [-0.05, 0) is 96.3 Å². The van der Waals surface area contributed by atoms with E-state index in [1.807, 2.05) is 0 Å². The zero-order valence-electron chi connectivity index (χ0n) is 64.9. The molecule has 648 valence electrons. The van der Waals surface area contributed by atoms with Crippen LogP contribution in [0.2, 0.25) is 0 Å². The van der Waals surface area contributed by atoms with Crippen molar-refractivity contribution in [1.29, 1.82) is 0 Å². The Kier molecular flexibility index (Phi) is 52.2. The normalized spacial score (nSPS) is 25.1. The lowest BCUT2D eigenvalue weighted by molar-refractivity contribution is -0.282. The molecule has 3 fully saturated rings. The minimum Gasteiger partial charge on any atom is -0.394 e. The van der Waals surface area contributed by atoms with E-state index in [0.717, 1.165) is 18.9 Å². The van der Waals surface area contributed by atoms with Crippen LogP contribution in [0.25, 0.3) is 0 Å². The molecule has 3 saturated heterocycles. The Morgan fingerprint density at radius 2 is 0.938 bits per heavy atom. The van der Waals surface area contributed by atoms with Crippen LogP contribution in [-0.4, -0.2) is 313 Å². The second kappa shape index (κ2) is 57.9. The number of carbonyl (C=O) groups excluding carboxylic acids is 10. The molecule has 3 aliphatic heterocycles. The van der Waals surface area contributed by atoms with E-state index in [4.69, 9.17) is 48.2 Å². The predicted octanol–water partition coefficient (Wildman–Crippen LogP) is -2.10. The number of phosphoric ester groups is 1. The number of thioether (sulfide) groups is 1. The molecule has 41 heteroatoms. The molecule has 19 atom stereocenters. The molecule has 0 saturated carbocycles. The Morgan fingerprint density at radius 3 is 1.41 bits per heavy atom. The van der Waals surface area contributed by atoms with Crippen molar-refractivity contribution in [3.05, 3.63) is 0 Å². The molecule has 0 radical (unpaired) electrons. The highest BCUT2D eigenvalue weighted by atomic mass is 32.2. The number of ether oxygens (including phenoxy) is 8. The summed E-state index contributed by atoms with van der Waals surface area (Å²) in [5.41, 5.74) is 5.88. The third-order valence-electron chi connectivity index (χ3n) is 18.8. The molecule has 3 heterocycles. The molecule has 1 unspecified atom stereocenters. The van der Waals surface area contributed by atoms with E-state index < -0.39 is 179 Å². The summed E-state index contributed by atoms with van der Waals surface area (Å²) in [7, 11) is -2.98. The van der Waals surface area contributed by atoms with Crippen molar-refractivity contribution >= 4 is 77.7 Å². The molecule has 3 rings (SSSR count). The SMILES string of the molecule is COP(=O)(O)OCCCCCSC(=O)NCCOCCOCC(=O)C[C@@H](CCCCNC(=O)CCCCO[C@@H]1O[C@H](CO)[C@H](O)[C@H](O)[C@H]1NC(C)=O)C(=O)N[C@@H](CCCCNC(=O)CCCCO[C@@H]1O[C@H](CO)[C@H](O)[C@H](O)[C@H]1C)C(=O)C[C@@H](CCCCNC(=O)CCCCO[C@@H]1O[C@H](CO)[C@H](O)[C@H](O)[C@H]1NC(C)=O)C(N)=O. The topological polar surface area (TPSA) is 593 Å². The standard InChI is InChI=1S/C71H127N8O31PS/c1-44-60(90)61(91)52(40-80)108-68(44)104-30-16-9-23-57(89)75-28-14-8-22-50(51(86)39-47(66(72)96)20-6-12-26-73-55(87)24-10-17-31-105-69-58(77-45(2)83)64(94)62(92)53(41-81)109-69)79-67(97)48(38-49(85)43-103-36-35-102-34-29-76-71(98)112-37-19-5-15-33-107-111(99,100)101-4)21-7-13-27-74-56(88)25-11-18-32-106-70-59(78-46(3)84)65(95)63(93)54(42-82)110-70/h44,47-48,50,52-54,58-65,68-70,80-82,90-95H,5-43H2,1-4H3,(H2,72,96)(H,73,87)(H,74,88)(H,75,89)(H,76,98)(H,77,83)(H,78,84)(H,79,97)(H,99,100)/t44-,47-,48-,50+,52-,53-,54-,58-,59-,60-,61+,62+,63+,64-,65-,68-,69-,70-/m1/s1. The van der Waals surface area contributed by atoms with Crippen LogP contribution in [0.5, 0.6) is 0 Å². The number of Topliss-reactive ketones (excluding diaryl/α,β-unsaturated/α-hetero) is 2. The van der Waals surface area contributed by atoms with Crippen molar-refractivity contribution in [2.45, 2.75) is 260 Å².